The summed E-state index contributed by atoms with van der Waals surface area (Å²) in [5.41, 5.74) is 3.26. The molecule has 34 heavy (non-hydrogen) atoms. The summed E-state index contributed by atoms with van der Waals surface area (Å²) in [4.78, 5) is 24.5. The lowest BCUT2D eigenvalue weighted by molar-refractivity contribution is 0.0831. The Hall–Kier alpha value is -3.15. The molecule has 0 fully saturated rings. The molecule has 0 amide bonds. The van der Waals surface area contributed by atoms with Crippen LogP contribution in [0.3, 0.4) is 0 Å². The fraction of sp³-hybridized carbons (Fsp3) is 0.222. The van der Waals surface area contributed by atoms with Crippen LogP contribution < -0.4 is 0 Å². The first-order valence-electron chi connectivity index (χ1n) is 10.8. The number of rotatable bonds is 5. The van der Waals surface area contributed by atoms with Crippen LogP contribution in [0.2, 0.25) is 10.0 Å². The number of pyridine rings is 1. The van der Waals surface area contributed by atoms with Gasteiger partial charge in [-0.2, -0.15) is 0 Å². The summed E-state index contributed by atoms with van der Waals surface area (Å²) in [6.45, 7) is 5.55. The lowest BCUT2D eigenvalue weighted by Gasteiger charge is -2.14. The van der Waals surface area contributed by atoms with Crippen LogP contribution in [0.4, 0.5) is 5.69 Å². The smallest absolute Gasteiger partial charge is 0.229 e. The Balaban J connectivity index is 2.08. The van der Waals surface area contributed by atoms with Crippen molar-refractivity contribution in [2.75, 3.05) is 14.1 Å². The molecule has 0 aliphatic rings. The second kappa shape index (κ2) is 9.24. The highest BCUT2D eigenvalue weighted by Gasteiger charge is 2.31. The molecule has 0 aliphatic carbocycles. The molecule has 0 saturated heterocycles. The second-order valence-corrected chi connectivity index (χ2v) is 10.1. The van der Waals surface area contributed by atoms with Crippen molar-refractivity contribution in [2.24, 2.45) is 10.4 Å². The third-order valence-electron chi connectivity index (χ3n) is 5.25. The van der Waals surface area contributed by atoms with Gasteiger partial charge < -0.3 is 9.32 Å². The van der Waals surface area contributed by atoms with E-state index in [0.717, 1.165) is 16.7 Å². The van der Waals surface area contributed by atoms with Crippen LogP contribution in [0, 0.1) is 5.41 Å². The Bertz CT molecular complexity index is 1400. The van der Waals surface area contributed by atoms with E-state index in [9.17, 15) is 4.79 Å². The van der Waals surface area contributed by atoms with E-state index in [1.165, 1.54) is 0 Å². The standard InChI is InChI=1S/C27H25Cl2N3O2/c1-27(2,3)25(33)24-23(30-15-32(4)5)20-14-19(16-10-12-17(28)13-11-16)22(31-26(20)34-24)18-8-6-7-9-21(18)29/h6-15H,1-5H3/b30-15-. The zero-order valence-electron chi connectivity index (χ0n) is 19.7. The molecule has 7 heteroatoms. The Morgan fingerprint density at radius 3 is 2.32 bits per heavy atom. The fourth-order valence-corrected chi connectivity index (χ4v) is 3.87. The van der Waals surface area contributed by atoms with Crippen molar-refractivity contribution in [1.82, 2.24) is 9.88 Å². The number of hydrogen-bond donors (Lipinski definition) is 0. The first-order chi connectivity index (χ1) is 16.1. The SMILES string of the molecule is CN(C)/C=N\c1c(C(=O)C(C)(C)C)oc2nc(-c3ccccc3Cl)c(-c3ccc(Cl)cc3)cc12. The van der Waals surface area contributed by atoms with Gasteiger partial charge in [-0.1, -0.05) is 74.3 Å². The van der Waals surface area contributed by atoms with Crippen LogP contribution in [-0.4, -0.2) is 36.1 Å². The molecule has 2 heterocycles. The highest BCUT2D eigenvalue weighted by molar-refractivity contribution is 6.33. The molecule has 4 aromatic rings. The number of fused-ring (bicyclic) bond motifs is 1. The van der Waals surface area contributed by atoms with Gasteiger partial charge in [0.2, 0.25) is 11.5 Å². The first kappa shape index (κ1) is 24.0. The zero-order valence-corrected chi connectivity index (χ0v) is 21.2. The number of furan rings is 1. The monoisotopic (exact) mass is 493 g/mol. The van der Waals surface area contributed by atoms with Gasteiger partial charge in [-0.05, 0) is 29.8 Å². The summed E-state index contributed by atoms with van der Waals surface area (Å²) in [5, 5.41) is 1.84. The van der Waals surface area contributed by atoms with E-state index < -0.39 is 5.41 Å². The number of Topliss-reactive ketones (excluding diaryl/α,β-unsaturated/α-hetero) is 1. The second-order valence-electron chi connectivity index (χ2n) is 9.29. The number of ketones is 1. The maximum atomic E-state index is 13.3. The zero-order chi connectivity index (χ0) is 24.6. The molecule has 4 rings (SSSR count). The lowest BCUT2D eigenvalue weighted by atomic mass is 9.89. The predicted octanol–water partition coefficient (Wildman–Crippen LogP) is 7.92. The van der Waals surface area contributed by atoms with Crippen LogP contribution in [0.15, 0.2) is 64.0 Å². The summed E-state index contributed by atoms with van der Waals surface area (Å²) in [6.07, 6.45) is 1.65. The highest BCUT2D eigenvalue weighted by atomic mass is 35.5. The summed E-state index contributed by atoms with van der Waals surface area (Å²) in [5.74, 6) is 0.0372. The molecule has 174 valence electrons. The van der Waals surface area contributed by atoms with Crippen LogP contribution in [-0.2, 0) is 0 Å². The number of carbonyl (C=O) groups excluding carboxylic acids is 1. The fourth-order valence-electron chi connectivity index (χ4n) is 3.52. The van der Waals surface area contributed by atoms with E-state index in [2.05, 4.69) is 4.99 Å². The Morgan fingerprint density at radius 1 is 1.03 bits per heavy atom. The summed E-state index contributed by atoms with van der Waals surface area (Å²) in [7, 11) is 3.73. The highest BCUT2D eigenvalue weighted by Crippen LogP contribution is 2.42. The summed E-state index contributed by atoms with van der Waals surface area (Å²) < 4.78 is 6.07. The van der Waals surface area contributed by atoms with Crippen molar-refractivity contribution in [3.63, 3.8) is 0 Å². The van der Waals surface area contributed by atoms with Gasteiger partial charge in [0.1, 0.15) is 5.69 Å². The van der Waals surface area contributed by atoms with Crippen molar-refractivity contribution >= 4 is 52.1 Å². The van der Waals surface area contributed by atoms with E-state index in [1.54, 1.807) is 11.2 Å². The number of aliphatic imine (C=N–C) groups is 1. The van der Waals surface area contributed by atoms with Gasteiger partial charge in [0.25, 0.3) is 0 Å². The topological polar surface area (TPSA) is 58.7 Å². The number of carbonyl (C=O) groups is 1. The molecule has 0 aliphatic heterocycles. The van der Waals surface area contributed by atoms with Crippen molar-refractivity contribution in [3.8, 4) is 22.4 Å². The molecule has 5 nitrogen and oxygen atoms in total. The molecule has 0 saturated carbocycles. The number of halogens is 2. The Labute approximate surface area is 209 Å². The van der Waals surface area contributed by atoms with Gasteiger partial charge in [0, 0.05) is 40.7 Å². The van der Waals surface area contributed by atoms with Crippen molar-refractivity contribution < 1.29 is 9.21 Å². The first-order valence-corrected chi connectivity index (χ1v) is 11.6. The number of benzene rings is 2. The van der Waals surface area contributed by atoms with Crippen molar-refractivity contribution in [1.29, 1.82) is 0 Å². The van der Waals surface area contributed by atoms with E-state index in [-0.39, 0.29) is 11.5 Å². The quantitative estimate of drug-likeness (QED) is 0.161. The number of hydrogen-bond acceptors (Lipinski definition) is 4. The van der Waals surface area contributed by atoms with Gasteiger partial charge >= 0.3 is 0 Å². The number of aromatic nitrogens is 1. The minimum atomic E-state index is -0.652. The average molecular weight is 494 g/mol. The van der Waals surface area contributed by atoms with Gasteiger partial charge in [-0.15, -0.1) is 0 Å². The van der Waals surface area contributed by atoms with E-state index >= 15 is 0 Å². The largest absolute Gasteiger partial charge is 0.432 e. The summed E-state index contributed by atoms with van der Waals surface area (Å²) >= 11 is 12.7. The maximum Gasteiger partial charge on any atom is 0.229 e. The van der Waals surface area contributed by atoms with Gasteiger partial charge in [-0.3, -0.25) is 4.79 Å². The molecule has 2 aromatic heterocycles. The van der Waals surface area contributed by atoms with E-state index in [0.29, 0.717) is 32.5 Å². The van der Waals surface area contributed by atoms with Gasteiger partial charge in [0.15, 0.2) is 5.76 Å². The van der Waals surface area contributed by atoms with Gasteiger partial charge in [0.05, 0.1) is 17.4 Å². The van der Waals surface area contributed by atoms with Crippen molar-refractivity contribution in [3.05, 3.63) is 70.4 Å². The predicted molar refractivity (Wildman–Crippen MR) is 141 cm³/mol. The van der Waals surface area contributed by atoms with E-state index in [4.69, 9.17) is 32.6 Å². The summed E-state index contributed by atoms with van der Waals surface area (Å²) in [6, 6.07) is 17.0. The molecule has 2 aromatic carbocycles. The normalized spacial score (nSPS) is 12.0. The Morgan fingerprint density at radius 2 is 1.71 bits per heavy atom. The van der Waals surface area contributed by atoms with Gasteiger partial charge in [-0.25, -0.2) is 9.98 Å². The molecule has 0 atom stereocenters. The van der Waals surface area contributed by atoms with Crippen LogP contribution >= 0.6 is 23.2 Å². The average Bonchev–Trinajstić information content (AvgIpc) is 3.13. The van der Waals surface area contributed by atoms with Crippen molar-refractivity contribution in [2.45, 2.75) is 20.8 Å². The molecular weight excluding hydrogens is 469 g/mol. The van der Waals surface area contributed by atoms with Crippen LogP contribution in [0.1, 0.15) is 31.3 Å². The number of nitrogens with zero attached hydrogens (tertiary/aromatic N) is 3. The molecular formula is C27H25Cl2N3O2. The van der Waals surface area contributed by atoms with Crippen LogP contribution in [0.5, 0.6) is 0 Å². The third-order valence-corrected chi connectivity index (χ3v) is 5.83. The minimum absolute atomic E-state index is 0.149. The molecule has 0 unspecified atom stereocenters. The lowest BCUT2D eigenvalue weighted by Crippen LogP contribution is -2.19. The minimum Gasteiger partial charge on any atom is -0.432 e. The molecule has 0 radical (unpaired) electrons. The third kappa shape index (κ3) is 4.72. The maximum absolute atomic E-state index is 13.3. The molecule has 0 bridgehead atoms. The van der Waals surface area contributed by atoms with Crippen LogP contribution in [0.25, 0.3) is 33.5 Å². The molecule has 0 spiro atoms. The molecule has 0 N–H and O–H groups in total. The van der Waals surface area contributed by atoms with E-state index in [1.807, 2.05) is 89.5 Å². The Kier molecular flexibility index (Phi) is 6.52.